The summed E-state index contributed by atoms with van der Waals surface area (Å²) in [7, 11) is 0. The van der Waals surface area contributed by atoms with Gasteiger partial charge in [-0.25, -0.2) is 9.29 Å². The number of anilines is 2. The van der Waals surface area contributed by atoms with Crippen LogP contribution < -0.4 is 10.2 Å². The van der Waals surface area contributed by atoms with Crippen LogP contribution in [0.1, 0.15) is 5.56 Å². The molecule has 0 unspecified atom stereocenters. The van der Waals surface area contributed by atoms with Crippen molar-refractivity contribution in [1.29, 1.82) is 0 Å². The summed E-state index contributed by atoms with van der Waals surface area (Å²) < 4.78 is 13.0. The Morgan fingerprint density at radius 2 is 1.68 bits per heavy atom. The van der Waals surface area contributed by atoms with Gasteiger partial charge in [0.2, 0.25) is 0 Å². The molecule has 1 heterocycles. The van der Waals surface area contributed by atoms with E-state index in [1.807, 2.05) is 31.2 Å². The van der Waals surface area contributed by atoms with Gasteiger partial charge in [0.1, 0.15) is 5.82 Å². The van der Waals surface area contributed by atoms with Gasteiger partial charge in [-0.3, -0.25) is 9.59 Å². The van der Waals surface area contributed by atoms with Crippen LogP contribution in [0, 0.1) is 12.7 Å². The van der Waals surface area contributed by atoms with Gasteiger partial charge in [-0.05, 0) is 55.1 Å². The maximum atomic E-state index is 13.0. The lowest BCUT2D eigenvalue weighted by atomic mass is 10.2. The molecule has 112 valence electrons. The van der Waals surface area contributed by atoms with Gasteiger partial charge >= 0.3 is 0 Å². The number of hydrogen-bond acceptors (Lipinski definition) is 4. The van der Waals surface area contributed by atoms with Crippen molar-refractivity contribution in [2.24, 2.45) is 0 Å². The molecule has 0 aliphatic carbocycles. The third-order valence-electron chi connectivity index (χ3n) is 3.28. The SMILES string of the molecule is Cc1ccc(N[C@@H]2SC(=O)N(c3ccc(F)cc3)C2=O)cc1. The van der Waals surface area contributed by atoms with Crippen LogP contribution in [0.3, 0.4) is 0 Å². The monoisotopic (exact) mass is 316 g/mol. The highest BCUT2D eigenvalue weighted by Crippen LogP contribution is 2.32. The molecule has 2 amide bonds. The van der Waals surface area contributed by atoms with E-state index < -0.39 is 11.2 Å². The summed E-state index contributed by atoms with van der Waals surface area (Å²) in [6.07, 6.45) is 0. The summed E-state index contributed by atoms with van der Waals surface area (Å²) in [5, 5.41) is 1.98. The quantitative estimate of drug-likeness (QED) is 0.936. The van der Waals surface area contributed by atoms with Gasteiger partial charge < -0.3 is 5.32 Å². The molecular weight excluding hydrogens is 303 g/mol. The molecule has 0 saturated carbocycles. The van der Waals surface area contributed by atoms with E-state index in [2.05, 4.69) is 5.32 Å². The molecule has 1 atom stereocenters. The lowest BCUT2D eigenvalue weighted by molar-refractivity contribution is -0.116. The van der Waals surface area contributed by atoms with Gasteiger partial charge in [-0.2, -0.15) is 0 Å². The predicted molar refractivity (Wildman–Crippen MR) is 85.5 cm³/mol. The lowest BCUT2D eigenvalue weighted by Gasteiger charge is -2.15. The molecule has 1 aliphatic heterocycles. The first kappa shape index (κ1) is 14.6. The van der Waals surface area contributed by atoms with Crippen LogP contribution in [0.25, 0.3) is 0 Å². The molecule has 2 aromatic rings. The van der Waals surface area contributed by atoms with Crippen LogP contribution in [-0.2, 0) is 4.79 Å². The summed E-state index contributed by atoms with van der Waals surface area (Å²) in [5.74, 6) is -0.771. The van der Waals surface area contributed by atoms with E-state index in [-0.39, 0.29) is 11.1 Å². The summed E-state index contributed by atoms with van der Waals surface area (Å²) in [6.45, 7) is 1.97. The van der Waals surface area contributed by atoms with Crippen LogP contribution >= 0.6 is 11.8 Å². The number of nitrogens with zero attached hydrogens (tertiary/aromatic N) is 1. The number of aryl methyl sites for hydroxylation is 1. The maximum Gasteiger partial charge on any atom is 0.295 e. The van der Waals surface area contributed by atoms with E-state index >= 15 is 0 Å². The van der Waals surface area contributed by atoms with Gasteiger partial charge in [0.25, 0.3) is 11.1 Å². The molecule has 0 bridgehead atoms. The Bertz CT molecular complexity index is 716. The normalized spacial score (nSPS) is 17.9. The Balaban J connectivity index is 1.79. The molecular formula is C16H13FN2O2S. The second-order valence-electron chi connectivity index (χ2n) is 4.92. The number of amides is 2. The highest BCUT2D eigenvalue weighted by molar-refractivity contribution is 8.16. The minimum atomic E-state index is -0.680. The summed E-state index contributed by atoms with van der Waals surface area (Å²) >= 11 is 0.912. The van der Waals surface area contributed by atoms with Crippen molar-refractivity contribution in [3.05, 3.63) is 59.9 Å². The van der Waals surface area contributed by atoms with Gasteiger partial charge in [0.05, 0.1) is 5.69 Å². The average Bonchev–Trinajstić information content (AvgIpc) is 2.77. The van der Waals surface area contributed by atoms with Crippen LogP contribution in [0.5, 0.6) is 0 Å². The Hall–Kier alpha value is -2.34. The molecule has 0 spiro atoms. The molecule has 2 aromatic carbocycles. The van der Waals surface area contributed by atoms with Crippen molar-refractivity contribution < 1.29 is 14.0 Å². The topological polar surface area (TPSA) is 49.4 Å². The maximum absolute atomic E-state index is 13.0. The summed E-state index contributed by atoms with van der Waals surface area (Å²) in [5.41, 5.74) is 2.25. The molecule has 0 aromatic heterocycles. The largest absolute Gasteiger partial charge is 0.365 e. The number of carbonyl (C=O) groups is 2. The molecule has 1 fully saturated rings. The molecule has 1 aliphatic rings. The Morgan fingerprint density at radius 1 is 1.05 bits per heavy atom. The lowest BCUT2D eigenvalue weighted by Crippen LogP contribution is -2.34. The van der Waals surface area contributed by atoms with E-state index in [1.165, 1.54) is 24.3 Å². The fraction of sp³-hybridized carbons (Fsp3) is 0.125. The standard InChI is InChI=1S/C16H13FN2O2S/c1-10-2-6-12(7-3-10)18-14-15(20)19(16(21)22-14)13-8-4-11(17)5-9-13/h2-9,14,18H,1H3/t14-/m1/s1. The number of thioether (sulfide) groups is 1. The highest BCUT2D eigenvalue weighted by Gasteiger charge is 2.40. The number of nitrogens with one attached hydrogen (secondary N) is 1. The molecule has 22 heavy (non-hydrogen) atoms. The fourth-order valence-corrected chi connectivity index (χ4v) is 3.03. The van der Waals surface area contributed by atoms with E-state index in [1.54, 1.807) is 0 Å². The highest BCUT2D eigenvalue weighted by atomic mass is 32.2. The number of rotatable bonds is 3. The van der Waals surface area contributed by atoms with E-state index in [0.717, 1.165) is 27.9 Å². The molecule has 1 N–H and O–H groups in total. The first-order valence-corrected chi connectivity index (χ1v) is 7.56. The minimum Gasteiger partial charge on any atom is -0.365 e. The zero-order chi connectivity index (χ0) is 15.7. The van der Waals surface area contributed by atoms with Crippen molar-refractivity contribution in [3.8, 4) is 0 Å². The van der Waals surface area contributed by atoms with Gasteiger partial charge in [0.15, 0.2) is 5.37 Å². The Morgan fingerprint density at radius 3 is 2.32 bits per heavy atom. The van der Waals surface area contributed by atoms with Crippen molar-refractivity contribution in [2.45, 2.75) is 12.3 Å². The van der Waals surface area contributed by atoms with E-state index in [4.69, 9.17) is 0 Å². The number of carbonyl (C=O) groups excluding carboxylic acids is 2. The van der Waals surface area contributed by atoms with Crippen molar-refractivity contribution in [1.82, 2.24) is 0 Å². The first-order chi connectivity index (χ1) is 10.5. The van der Waals surface area contributed by atoms with E-state index in [9.17, 15) is 14.0 Å². The van der Waals surface area contributed by atoms with Crippen molar-refractivity contribution in [3.63, 3.8) is 0 Å². The summed E-state index contributed by atoms with van der Waals surface area (Å²) in [6, 6.07) is 12.8. The third-order valence-corrected chi connectivity index (χ3v) is 4.22. The molecule has 6 heteroatoms. The fourth-order valence-electron chi connectivity index (χ4n) is 2.13. The molecule has 1 saturated heterocycles. The number of hydrogen-bond donors (Lipinski definition) is 1. The second-order valence-corrected chi connectivity index (χ2v) is 5.98. The Kier molecular flexibility index (Phi) is 3.85. The van der Waals surface area contributed by atoms with Crippen LogP contribution in [0.2, 0.25) is 0 Å². The van der Waals surface area contributed by atoms with E-state index in [0.29, 0.717) is 5.69 Å². The first-order valence-electron chi connectivity index (χ1n) is 6.68. The van der Waals surface area contributed by atoms with Crippen LogP contribution in [-0.4, -0.2) is 16.5 Å². The smallest absolute Gasteiger partial charge is 0.295 e. The van der Waals surface area contributed by atoms with Gasteiger partial charge in [0, 0.05) is 5.69 Å². The van der Waals surface area contributed by atoms with Crippen molar-refractivity contribution in [2.75, 3.05) is 10.2 Å². The molecule has 4 nitrogen and oxygen atoms in total. The zero-order valence-corrected chi connectivity index (χ0v) is 12.6. The molecule has 0 radical (unpaired) electrons. The predicted octanol–water partition coefficient (Wildman–Crippen LogP) is 3.77. The summed E-state index contributed by atoms with van der Waals surface area (Å²) in [4.78, 5) is 25.5. The van der Waals surface area contributed by atoms with Crippen molar-refractivity contribution >= 4 is 34.3 Å². The number of benzene rings is 2. The van der Waals surface area contributed by atoms with Crippen LogP contribution in [0.4, 0.5) is 20.6 Å². The average molecular weight is 316 g/mol. The molecule has 3 rings (SSSR count). The minimum absolute atomic E-state index is 0.359. The second kappa shape index (κ2) is 5.81. The Labute approximate surface area is 131 Å². The van der Waals surface area contributed by atoms with Gasteiger partial charge in [-0.15, -0.1) is 0 Å². The third kappa shape index (κ3) is 2.82. The van der Waals surface area contributed by atoms with Gasteiger partial charge in [-0.1, -0.05) is 17.7 Å². The number of imide groups is 1. The number of halogens is 1. The van der Waals surface area contributed by atoms with Crippen LogP contribution in [0.15, 0.2) is 48.5 Å². The zero-order valence-electron chi connectivity index (χ0n) is 11.7.